The summed E-state index contributed by atoms with van der Waals surface area (Å²) < 4.78 is 5.61. The first-order valence-electron chi connectivity index (χ1n) is 7.91. The molecule has 3 rings (SSSR count). The maximum atomic E-state index is 12.3. The molecule has 1 N–H and O–H groups in total. The molecule has 0 aliphatic carbocycles. The van der Waals surface area contributed by atoms with Crippen LogP contribution in [-0.4, -0.2) is 31.1 Å². The summed E-state index contributed by atoms with van der Waals surface area (Å²) in [7, 11) is 1.75. The minimum Gasteiger partial charge on any atom is -0.492 e. The second-order valence-corrected chi connectivity index (χ2v) is 5.58. The van der Waals surface area contributed by atoms with Crippen molar-refractivity contribution >= 4 is 22.5 Å². The average Bonchev–Trinajstić information content (AvgIpc) is 2.62. The van der Waals surface area contributed by atoms with E-state index < -0.39 is 0 Å². The number of hydrogen-bond acceptors (Lipinski definition) is 2. The fourth-order valence-corrected chi connectivity index (χ4v) is 2.40. The number of hydrogen-bond donors (Lipinski definition) is 1. The van der Waals surface area contributed by atoms with Crippen molar-refractivity contribution in [3.05, 3.63) is 72.8 Å². The second-order valence-electron chi connectivity index (χ2n) is 5.58. The molecule has 2 amide bonds. The number of fused-ring (bicyclic) bond motifs is 1. The molecule has 0 heterocycles. The van der Waals surface area contributed by atoms with Crippen LogP contribution < -0.4 is 10.1 Å². The van der Waals surface area contributed by atoms with E-state index in [9.17, 15) is 4.79 Å². The van der Waals surface area contributed by atoms with Gasteiger partial charge in [-0.3, -0.25) is 0 Å². The lowest BCUT2D eigenvalue weighted by Crippen LogP contribution is -2.34. The van der Waals surface area contributed by atoms with E-state index in [4.69, 9.17) is 4.74 Å². The maximum Gasteiger partial charge on any atom is 0.321 e. The van der Waals surface area contributed by atoms with Crippen molar-refractivity contribution in [1.29, 1.82) is 0 Å². The van der Waals surface area contributed by atoms with Crippen molar-refractivity contribution in [1.82, 2.24) is 4.90 Å². The molecular weight excluding hydrogens is 300 g/mol. The first-order chi connectivity index (χ1) is 11.7. The summed E-state index contributed by atoms with van der Waals surface area (Å²) in [5, 5.41) is 5.17. The van der Waals surface area contributed by atoms with E-state index in [1.807, 2.05) is 72.8 Å². The van der Waals surface area contributed by atoms with Gasteiger partial charge in [0.15, 0.2) is 0 Å². The standard InChI is InChI=1S/C20H20N2O2/c1-22(13-14-24-19-9-3-2-4-10-19)20(23)21-18-12-11-16-7-5-6-8-17(16)15-18/h2-12,15H,13-14H2,1H3,(H,21,23). The molecule has 0 unspecified atom stereocenters. The highest BCUT2D eigenvalue weighted by Gasteiger charge is 2.09. The van der Waals surface area contributed by atoms with Crippen LogP contribution in [0.5, 0.6) is 5.75 Å². The molecule has 0 spiro atoms. The molecule has 0 saturated heterocycles. The Bertz CT molecular complexity index is 818. The van der Waals surface area contributed by atoms with Gasteiger partial charge in [-0.25, -0.2) is 4.79 Å². The van der Waals surface area contributed by atoms with Gasteiger partial charge in [0.1, 0.15) is 12.4 Å². The van der Waals surface area contributed by atoms with Gasteiger partial charge in [-0.2, -0.15) is 0 Å². The van der Waals surface area contributed by atoms with Crippen LogP contribution in [0.4, 0.5) is 10.5 Å². The van der Waals surface area contributed by atoms with Crippen LogP contribution in [0.3, 0.4) is 0 Å². The molecule has 0 fully saturated rings. The monoisotopic (exact) mass is 320 g/mol. The predicted molar refractivity (Wildman–Crippen MR) is 97.5 cm³/mol. The summed E-state index contributed by atoms with van der Waals surface area (Å²) >= 11 is 0. The Kier molecular flexibility index (Phi) is 4.96. The van der Waals surface area contributed by atoms with Gasteiger partial charge in [0.2, 0.25) is 0 Å². The summed E-state index contributed by atoms with van der Waals surface area (Å²) in [5.74, 6) is 0.806. The minimum absolute atomic E-state index is 0.151. The van der Waals surface area contributed by atoms with Crippen molar-refractivity contribution in [3.63, 3.8) is 0 Å². The molecule has 24 heavy (non-hydrogen) atoms. The Morgan fingerprint density at radius 2 is 1.67 bits per heavy atom. The first-order valence-corrected chi connectivity index (χ1v) is 7.91. The minimum atomic E-state index is -0.151. The van der Waals surface area contributed by atoms with E-state index in [2.05, 4.69) is 5.32 Å². The van der Waals surface area contributed by atoms with Crippen LogP contribution in [-0.2, 0) is 0 Å². The lowest BCUT2D eigenvalue weighted by molar-refractivity contribution is 0.207. The number of ether oxygens (including phenoxy) is 1. The van der Waals surface area contributed by atoms with Crippen LogP contribution >= 0.6 is 0 Å². The van der Waals surface area contributed by atoms with Gasteiger partial charge in [0.25, 0.3) is 0 Å². The van der Waals surface area contributed by atoms with Gasteiger partial charge in [0, 0.05) is 12.7 Å². The molecule has 3 aromatic rings. The molecule has 4 heteroatoms. The average molecular weight is 320 g/mol. The number of nitrogens with one attached hydrogen (secondary N) is 1. The maximum absolute atomic E-state index is 12.3. The molecule has 0 aromatic heterocycles. The quantitative estimate of drug-likeness (QED) is 0.758. The molecule has 0 saturated carbocycles. The molecule has 122 valence electrons. The lowest BCUT2D eigenvalue weighted by atomic mass is 10.1. The predicted octanol–water partition coefficient (Wildman–Crippen LogP) is 4.38. The highest BCUT2D eigenvalue weighted by atomic mass is 16.5. The summed E-state index contributed by atoms with van der Waals surface area (Å²) in [6.45, 7) is 0.958. The van der Waals surface area contributed by atoms with Crippen molar-refractivity contribution in [2.24, 2.45) is 0 Å². The van der Waals surface area contributed by atoms with Crippen LogP contribution in [0.1, 0.15) is 0 Å². The third-order valence-corrected chi connectivity index (χ3v) is 3.79. The molecule has 4 nitrogen and oxygen atoms in total. The first kappa shape index (κ1) is 15.9. The number of nitrogens with zero attached hydrogens (tertiary/aromatic N) is 1. The largest absolute Gasteiger partial charge is 0.492 e. The SMILES string of the molecule is CN(CCOc1ccccc1)C(=O)Nc1ccc2ccccc2c1. The van der Waals surface area contributed by atoms with Gasteiger partial charge in [-0.15, -0.1) is 0 Å². The van der Waals surface area contributed by atoms with Gasteiger partial charge in [-0.05, 0) is 35.0 Å². The number of likely N-dealkylation sites (N-methyl/N-ethyl adjacent to an activating group) is 1. The molecule has 0 aliphatic heterocycles. The van der Waals surface area contributed by atoms with Crippen molar-refractivity contribution in [3.8, 4) is 5.75 Å². The Morgan fingerprint density at radius 1 is 0.958 bits per heavy atom. The van der Waals surface area contributed by atoms with Crippen molar-refractivity contribution in [2.75, 3.05) is 25.5 Å². The number of urea groups is 1. The zero-order valence-electron chi connectivity index (χ0n) is 13.6. The number of anilines is 1. The van der Waals surface area contributed by atoms with Gasteiger partial charge < -0.3 is 15.0 Å². The normalized spacial score (nSPS) is 10.4. The Labute approximate surface area is 141 Å². The number of carbonyl (C=O) groups is 1. The smallest absolute Gasteiger partial charge is 0.321 e. The Morgan fingerprint density at radius 3 is 2.46 bits per heavy atom. The van der Waals surface area contributed by atoms with E-state index >= 15 is 0 Å². The highest BCUT2D eigenvalue weighted by Crippen LogP contribution is 2.19. The number of amides is 2. The fourth-order valence-electron chi connectivity index (χ4n) is 2.40. The molecule has 0 atom stereocenters. The molecule has 0 radical (unpaired) electrons. The number of carbonyl (C=O) groups excluding carboxylic acids is 1. The lowest BCUT2D eigenvalue weighted by Gasteiger charge is -2.18. The Balaban J connectivity index is 1.53. The molecule has 3 aromatic carbocycles. The van der Waals surface area contributed by atoms with Crippen molar-refractivity contribution < 1.29 is 9.53 Å². The van der Waals surface area contributed by atoms with Crippen molar-refractivity contribution in [2.45, 2.75) is 0 Å². The van der Waals surface area contributed by atoms with Crippen LogP contribution in [0, 0.1) is 0 Å². The van der Waals surface area contributed by atoms with E-state index in [0.717, 1.165) is 22.2 Å². The van der Waals surface area contributed by atoms with Crippen LogP contribution in [0.15, 0.2) is 72.8 Å². The molecular formula is C20H20N2O2. The highest BCUT2D eigenvalue weighted by molar-refractivity contribution is 5.93. The number of benzene rings is 3. The fraction of sp³-hybridized carbons (Fsp3) is 0.150. The second kappa shape index (κ2) is 7.51. The topological polar surface area (TPSA) is 41.6 Å². The molecule has 0 aliphatic rings. The third-order valence-electron chi connectivity index (χ3n) is 3.79. The van der Waals surface area contributed by atoms with Gasteiger partial charge >= 0.3 is 6.03 Å². The summed E-state index contributed by atoms with van der Waals surface area (Å²) in [4.78, 5) is 13.9. The van der Waals surface area contributed by atoms with E-state index in [-0.39, 0.29) is 6.03 Å². The molecule has 0 bridgehead atoms. The van der Waals surface area contributed by atoms with E-state index in [1.165, 1.54) is 0 Å². The number of rotatable bonds is 5. The van der Waals surface area contributed by atoms with E-state index in [0.29, 0.717) is 13.2 Å². The van der Waals surface area contributed by atoms with Gasteiger partial charge in [0.05, 0.1) is 6.54 Å². The third kappa shape index (κ3) is 4.04. The summed E-state index contributed by atoms with van der Waals surface area (Å²) in [5.41, 5.74) is 0.787. The summed E-state index contributed by atoms with van der Waals surface area (Å²) in [6.07, 6.45) is 0. The van der Waals surface area contributed by atoms with Crippen LogP contribution in [0.2, 0.25) is 0 Å². The zero-order valence-corrected chi connectivity index (χ0v) is 13.6. The van der Waals surface area contributed by atoms with E-state index in [1.54, 1.807) is 11.9 Å². The Hall–Kier alpha value is -3.01. The zero-order chi connectivity index (χ0) is 16.8. The van der Waals surface area contributed by atoms with Crippen LogP contribution in [0.25, 0.3) is 10.8 Å². The van der Waals surface area contributed by atoms with Gasteiger partial charge in [-0.1, -0.05) is 48.5 Å². The number of para-hydroxylation sites is 1. The summed E-state index contributed by atoms with van der Waals surface area (Å²) in [6, 6.07) is 23.4.